The Morgan fingerprint density at radius 3 is 2.70 bits per heavy atom. The van der Waals surface area contributed by atoms with Crippen molar-refractivity contribution in [2.75, 3.05) is 20.2 Å². The van der Waals surface area contributed by atoms with Gasteiger partial charge in [0.2, 0.25) is 0 Å². The summed E-state index contributed by atoms with van der Waals surface area (Å²) in [7, 11) is 1.62. The zero-order valence-corrected chi connectivity index (χ0v) is 13.9. The van der Waals surface area contributed by atoms with Gasteiger partial charge in [-0.25, -0.2) is 9.59 Å². The van der Waals surface area contributed by atoms with Gasteiger partial charge in [-0.15, -0.1) is 16.0 Å². The van der Waals surface area contributed by atoms with Gasteiger partial charge in [-0.3, -0.25) is 4.90 Å². The molecule has 3 unspecified atom stereocenters. The van der Waals surface area contributed by atoms with E-state index in [1.54, 1.807) is 7.11 Å². The SMILES string of the molecule is COc1nsnc1C1=CC2CCCN(C2)C1Cl.O=C(O)C(=O)O. The van der Waals surface area contributed by atoms with Crippen LogP contribution in [0.25, 0.3) is 5.57 Å². The van der Waals surface area contributed by atoms with Crippen LogP contribution in [-0.4, -0.2) is 61.5 Å². The molecule has 23 heavy (non-hydrogen) atoms. The van der Waals surface area contributed by atoms with E-state index < -0.39 is 11.9 Å². The summed E-state index contributed by atoms with van der Waals surface area (Å²) in [5.74, 6) is -2.46. The van der Waals surface area contributed by atoms with Gasteiger partial charge < -0.3 is 14.9 Å². The summed E-state index contributed by atoms with van der Waals surface area (Å²) in [5.41, 5.74) is 1.78. The Kier molecular flexibility index (Phi) is 5.91. The summed E-state index contributed by atoms with van der Waals surface area (Å²) in [6, 6.07) is 0. The summed E-state index contributed by atoms with van der Waals surface area (Å²) in [5, 5.41) is 14.8. The highest BCUT2D eigenvalue weighted by molar-refractivity contribution is 6.99. The normalized spacial score (nSPS) is 25.7. The average Bonchev–Trinajstić information content (AvgIpc) is 3.00. The first-order valence-electron chi connectivity index (χ1n) is 6.87. The van der Waals surface area contributed by atoms with E-state index in [1.165, 1.54) is 24.6 Å². The maximum atomic E-state index is 9.10. The topological polar surface area (TPSA) is 113 Å². The van der Waals surface area contributed by atoms with E-state index in [0.717, 1.165) is 24.4 Å². The van der Waals surface area contributed by atoms with Crippen LogP contribution in [0.5, 0.6) is 5.88 Å². The van der Waals surface area contributed by atoms with Gasteiger partial charge >= 0.3 is 11.9 Å². The predicted molar refractivity (Wildman–Crippen MR) is 83.6 cm³/mol. The first kappa shape index (κ1) is 17.6. The molecule has 8 nitrogen and oxygen atoms in total. The second-order valence-electron chi connectivity index (χ2n) is 5.09. The fourth-order valence-electron chi connectivity index (χ4n) is 2.59. The van der Waals surface area contributed by atoms with E-state index in [9.17, 15) is 0 Å². The zero-order valence-electron chi connectivity index (χ0n) is 12.3. The van der Waals surface area contributed by atoms with Crippen molar-refractivity contribution >= 4 is 40.8 Å². The maximum absolute atomic E-state index is 9.10. The fraction of sp³-hybridized carbons (Fsp3) is 0.538. The van der Waals surface area contributed by atoms with Crippen molar-refractivity contribution in [1.82, 2.24) is 13.6 Å². The molecule has 126 valence electrons. The number of carboxylic acids is 2. The smallest absolute Gasteiger partial charge is 0.414 e. The second-order valence-corrected chi connectivity index (χ2v) is 6.03. The van der Waals surface area contributed by atoms with Crippen LogP contribution in [0.4, 0.5) is 0 Å². The number of ether oxygens (including phenoxy) is 1. The van der Waals surface area contributed by atoms with Crippen LogP contribution >= 0.6 is 23.3 Å². The number of hydrogen-bond donors (Lipinski definition) is 2. The van der Waals surface area contributed by atoms with Gasteiger partial charge in [0.1, 0.15) is 11.2 Å². The van der Waals surface area contributed by atoms with Crippen molar-refractivity contribution in [2.24, 2.45) is 5.92 Å². The molecule has 0 aliphatic carbocycles. The molecule has 3 rings (SSSR count). The summed E-state index contributed by atoms with van der Waals surface area (Å²) in [6.45, 7) is 2.14. The van der Waals surface area contributed by atoms with E-state index in [4.69, 9.17) is 36.1 Å². The molecule has 3 heterocycles. The number of hydrogen-bond acceptors (Lipinski definition) is 7. The number of rotatable bonds is 2. The Hall–Kier alpha value is -1.71. The number of fused-ring (bicyclic) bond motifs is 2. The molecule has 3 atom stereocenters. The van der Waals surface area contributed by atoms with E-state index in [-0.39, 0.29) is 5.50 Å². The largest absolute Gasteiger partial charge is 0.479 e. The molecular formula is C13H16ClN3O5S. The van der Waals surface area contributed by atoms with Crippen LogP contribution in [0.15, 0.2) is 6.08 Å². The Bertz CT molecular complexity index is 609. The van der Waals surface area contributed by atoms with E-state index in [1.807, 2.05) is 0 Å². The van der Waals surface area contributed by atoms with Crippen molar-refractivity contribution in [3.63, 3.8) is 0 Å². The number of piperidine rings is 1. The number of carbonyl (C=O) groups is 2. The number of alkyl halides is 1. The van der Waals surface area contributed by atoms with Crippen molar-refractivity contribution in [2.45, 2.75) is 18.3 Å². The molecule has 2 aliphatic rings. The minimum Gasteiger partial charge on any atom is -0.479 e. The Morgan fingerprint density at radius 2 is 2.09 bits per heavy atom. The third kappa shape index (κ3) is 4.18. The highest BCUT2D eigenvalue weighted by Gasteiger charge is 2.34. The molecule has 1 aromatic rings. The Balaban J connectivity index is 0.000000277. The number of aliphatic carboxylic acids is 2. The van der Waals surface area contributed by atoms with Crippen molar-refractivity contribution < 1.29 is 24.5 Å². The molecule has 0 spiro atoms. The van der Waals surface area contributed by atoms with Crippen LogP contribution in [0, 0.1) is 5.92 Å². The first-order valence-corrected chi connectivity index (χ1v) is 8.03. The molecule has 2 bridgehead atoms. The lowest BCUT2D eigenvalue weighted by atomic mass is 9.90. The molecule has 1 fully saturated rings. The van der Waals surface area contributed by atoms with E-state index in [0.29, 0.717) is 11.8 Å². The van der Waals surface area contributed by atoms with Crippen molar-refractivity contribution in [3.05, 3.63) is 11.8 Å². The average molecular weight is 362 g/mol. The van der Waals surface area contributed by atoms with Gasteiger partial charge in [-0.2, -0.15) is 4.37 Å². The lowest BCUT2D eigenvalue weighted by molar-refractivity contribution is -0.159. The van der Waals surface area contributed by atoms with Gasteiger partial charge in [0, 0.05) is 12.1 Å². The van der Waals surface area contributed by atoms with Crippen LogP contribution in [0.2, 0.25) is 0 Å². The van der Waals surface area contributed by atoms with Crippen LogP contribution < -0.4 is 4.74 Å². The van der Waals surface area contributed by atoms with Crippen LogP contribution in [0.1, 0.15) is 18.5 Å². The second kappa shape index (κ2) is 7.71. The van der Waals surface area contributed by atoms with Gasteiger partial charge in [0.05, 0.1) is 18.8 Å². The monoisotopic (exact) mass is 361 g/mol. The maximum Gasteiger partial charge on any atom is 0.414 e. The van der Waals surface area contributed by atoms with Crippen molar-refractivity contribution in [1.29, 1.82) is 0 Å². The lowest BCUT2D eigenvalue weighted by Gasteiger charge is -2.39. The molecule has 0 amide bonds. The minimum absolute atomic E-state index is 0.0932. The quantitative estimate of drug-likeness (QED) is 0.461. The lowest BCUT2D eigenvalue weighted by Crippen LogP contribution is -2.43. The third-order valence-corrected chi connectivity index (χ3v) is 4.61. The molecule has 10 heteroatoms. The number of nitrogens with zero attached hydrogens (tertiary/aromatic N) is 3. The Labute approximate surface area is 141 Å². The Morgan fingerprint density at radius 1 is 1.39 bits per heavy atom. The number of aromatic nitrogens is 2. The van der Waals surface area contributed by atoms with E-state index in [2.05, 4.69) is 19.7 Å². The number of methoxy groups -OCH3 is 1. The molecule has 0 saturated carbocycles. The summed E-state index contributed by atoms with van der Waals surface area (Å²) >= 11 is 7.68. The van der Waals surface area contributed by atoms with Gasteiger partial charge in [0.25, 0.3) is 5.88 Å². The molecule has 0 radical (unpaired) electrons. The molecule has 2 N–H and O–H groups in total. The van der Waals surface area contributed by atoms with Crippen LogP contribution in [-0.2, 0) is 9.59 Å². The molecule has 1 saturated heterocycles. The molecular weight excluding hydrogens is 346 g/mol. The highest BCUT2D eigenvalue weighted by atomic mass is 35.5. The fourth-order valence-corrected chi connectivity index (χ4v) is 3.49. The molecule has 2 aliphatic heterocycles. The standard InChI is InChI=1S/C11H14ClN3OS.C2H2O4/c1-16-11-9(13-17-14-11)8-5-7-3-2-4-15(6-7)10(8)12;3-1(4)2(5)6/h5,7,10H,2-4,6H2,1H3;(H,3,4)(H,5,6). The van der Waals surface area contributed by atoms with Gasteiger partial charge in [0.15, 0.2) is 0 Å². The summed E-state index contributed by atoms with van der Waals surface area (Å²) in [4.78, 5) is 20.5. The van der Waals surface area contributed by atoms with Crippen molar-refractivity contribution in [3.8, 4) is 5.88 Å². The molecule has 1 aromatic heterocycles. The van der Waals surface area contributed by atoms with Gasteiger partial charge in [-0.1, -0.05) is 6.08 Å². The zero-order chi connectivity index (χ0) is 17.0. The summed E-state index contributed by atoms with van der Waals surface area (Å²) in [6.07, 6.45) is 4.72. The third-order valence-electron chi connectivity index (χ3n) is 3.59. The highest BCUT2D eigenvalue weighted by Crippen LogP contribution is 2.38. The van der Waals surface area contributed by atoms with Crippen LogP contribution in [0.3, 0.4) is 0 Å². The predicted octanol–water partition coefficient (Wildman–Crippen LogP) is 1.38. The summed E-state index contributed by atoms with van der Waals surface area (Å²) < 4.78 is 13.7. The first-order chi connectivity index (χ1) is 10.9. The minimum atomic E-state index is -1.82. The van der Waals surface area contributed by atoms with Gasteiger partial charge in [-0.05, 0) is 25.3 Å². The van der Waals surface area contributed by atoms with E-state index >= 15 is 0 Å². The number of halogens is 1. The molecule has 0 aromatic carbocycles. The number of carboxylic acid groups (broad SMARTS) is 2.